The van der Waals surface area contributed by atoms with Gasteiger partial charge in [-0.25, -0.2) is 9.78 Å². The summed E-state index contributed by atoms with van der Waals surface area (Å²) in [5, 5.41) is 5.99. The molecule has 0 bridgehead atoms. The van der Waals surface area contributed by atoms with Gasteiger partial charge in [-0.05, 0) is 30.3 Å². The molecular formula is C17H18ClN5O2. The summed E-state index contributed by atoms with van der Waals surface area (Å²) in [5.41, 5.74) is 1.53. The lowest BCUT2D eigenvalue weighted by Gasteiger charge is -2.18. The van der Waals surface area contributed by atoms with Gasteiger partial charge in [-0.15, -0.1) is 0 Å². The number of amides is 3. The minimum atomic E-state index is -0.298. The monoisotopic (exact) mass is 359 g/mol. The number of halogens is 1. The molecule has 1 aromatic carbocycles. The van der Waals surface area contributed by atoms with Crippen LogP contribution in [0.5, 0.6) is 0 Å². The van der Waals surface area contributed by atoms with E-state index in [1.54, 1.807) is 36.5 Å². The minimum Gasteiger partial charge on any atom is -0.361 e. The second-order valence-corrected chi connectivity index (χ2v) is 6.18. The van der Waals surface area contributed by atoms with Crippen LogP contribution in [0.25, 0.3) is 0 Å². The number of aromatic nitrogens is 1. The molecule has 2 aromatic rings. The van der Waals surface area contributed by atoms with Gasteiger partial charge in [-0.3, -0.25) is 9.69 Å². The van der Waals surface area contributed by atoms with Crippen molar-refractivity contribution < 1.29 is 9.59 Å². The van der Waals surface area contributed by atoms with Crippen molar-refractivity contribution in [2.45, 2.75) is 0 Å². The summed E-state index contributed by atoms with van der Waals surface area (Å²) in [7, 11) is 3.70. The highest BCUT2D eigenvalue weighted by molar-refractivity contribution is 6.34. The van der Waals surface area contributed by atoms with Gasteiger partial charge in [0.1, 0.15) is 0 Å². The highest BCUT2D eigenvalue weighted by Gasteiger charge is 2.24. The second kappa shape index (κ2) is 6.98. The average Bonchev–Trinajstić information content (AvgIpc) is 3.01. The highest BCUT2D eigenvalue weighted by Crippen LogP contribution is 2.29. The zero-order chi connectivity index (χ0) is 18.0. The topological polar surface area (TPSA) is 77.6 Å². The third kappa shape index (κ3) is 3.51. The smallest absolute Gasteiger partial charge is 0.322 e. The lowest BCUT2D eigenvalue weighted by Crippen LogP contribution is -2.28. The van der Waals surface area contributed by atoms with Crippen molar-refractivity contribution in [1.82, 2.24) is 10.3 Å². The number of hydrogen-bond donors (Lipinski definition) is 2. The zero-order valence-electron chi connectivity index (χ0n) is 13.9. The summed E-state index contributed by atoms with van der Waals surface area (Å²) < 4.78 is 0. The van der Waals surface area contributed by atoms with Crippen molar-refractivity contribution in [2.75, 3.05) is 42.3 Å². The number of anilines is 3. The lowest BCUT2D eigenvalue weighted by atomic mass is 10.1. The van der Waals surface area contributed by atoms with Crippen molar-refractivity contribution in [3.8, 4) is 0 Å². The fourth-order valence-electron chi connectivity index (χ4n) is 2.61. The maximum Gasteiger partial charge on any atom is 0.322 e. The van der Waals surface area contributed by atoms with Crippen LogP contribution in [0, 0.1) is 0 Å². The van der Waals surface area contributed by atoms with Crippen LogP contribution in [0.1, 0.15) is 10.4 Å². The molecule has 1 aromatic heterocycles. The van der Waals surface area contributed by atoms with Gasteiger partial charge in [-0.1, -0.05) is 11.6 Å². The summed E-state index contributed by atoms with van der Waals surface area (Å²) in [6, 6.07) is 8.18. The Labute approximate surface area is 150 Å². The molecule has 1 saturated heterocycles. The molecule has 1 fully saturated rings. The number of rotatable bonds is 4. The van der Waals surface area contributed by atoms with Crippen LogP contribution in [0.3, 0.4) is 0 Å². The summed E-state index contributed by atoms with van der Waals surface area (Å²) in [4.78, 5) is 32.1. The van der Waals surface area contributed by atoms with E-state index in [0.717, 1.165) is 0 Å². The summed E-state index contributed by atoms with van der Waals surface area (Å²) in [6.45, 7) is 1.06. The second-order valence-electron chi connectivity index (χ2n) is 5.77. The summed E-state index contributed by atoms with van der Waals surface area (Å²) in [6.07, 6.45) is 1.66. The van der Waals surface area contributed by atoms with Crippen LogP contribution < -0.4 is 20.4 Å². The molecule has 0 saturated carbocycles. The first-order valence-electron chi connectivity index (χ1n) is 7.76. The highest BCUT2D eigenvalue weighted by atomic mass is 35.5. The molecule has 25 heavy (non-hydrogen) atoms. The molecule has 0 unspecified atom stereocenters. The fourth-order valence-corrected chi connectivity index (χ4v) is 2.83. The van der Waals surface area contributed by atoms with E-state index in [1.807, 2.05) is 19.0 Å². The van der Waals surface area contributed by atoms with E-state index >= 15 is 0 Å². The van der Waals surface area contributed by atoms with Gasteiger partial charge < -0.3 is 15.5 Å². The molecule has 2 heterocycles. The molecule has 1 aliphatic heterocycles. The molecule has 3 amide bonds. The number of nitrogens with zero attached hydrogens (tertiary/aromatic N) is 3. The summed E-state index contributed by atoms with van der Waals surface area (Å²) >= 11 is 6.20. The number of carbonyl (C=O) groups is 2. The average molecular weight is 360 g/mol. The Morgan fingerprint density at radius 1 is 1.36 bits per heavy atom. The van der Waals surface area contributed by atoms with Gasteiger partial charge >= 0.3 is 6.03 Å². The molecule has 0 radical (unpaired) electrons. The number of hydrogen-bond acceptors (Lipinski definition) is 4. The molecule has 130 valence electrons. The van der Waals surface area contributed by atoms with Crippen LogP contribution in [0.15, 0.2) is 36.5 Å². The number of benzene rings is 1. The van der Waals surface area contributed by atoms with Gasteiger partial charge in [-0.2, -0.15) is 0 Å². The largest absolute Gasteiger partial charge is 0.361 e. The van der Waals surface area contributed by atoms with Crippen LogP contribution >= 0.6 is 11.6 Å². The Morgan fingerprint density at radius 3 is 2.84 bits per heavy atom. The first kappa shape index (κ1) is 17.0. The fraction of sp³-hybridized carbons (Fsp3) is 0.235. The first-order valence-corrected chi connectivity index (χ1v) is 8.14. The molecular weight excluding hydrogens is 342 g/mol. The number of pyridine rings is 1. The molecule has 0 atom stereocenters. The van der Waals surface area contributed by atoms with E-state index in [2.05, 4.69) is 15.6 Å². The number of carbonyl (C=O) groups excluding carboxylic acids is 2. The Kier molecular flexibility index (Phi) is 4.76. The van der Waals surface area contributed by atoms with Crippen molar-refractivity contribution in [3.63, 3.8) is 0 Å². The van der Waals surface area contributed by atoms with Gasteiger partial charge in [0, 0.05) is 38.9 Å². The molecule has 3 rings (SSSR count). The maximum atomic E-state index is 12.6. The zero-order valence-corrected chi connectivity index (χ0v) is 14.7. The van der Waals surface area contributed by atoms with E-state index in [0.29, 0.717) is 40.9 Å². The lowest BCUT2D eigenvalue weighted by molar-refractivity contribution is 0.102. The van der Waals surface area contributed by atoms with E-state index < -0.39 is 0 Å². The van der Waals surface area contributed by atoms with Crippen molar-refractivity contribution in [1.29, 1.82) is 0 Å². The van der Waals surface area contributed by atoms with Gasteiger partial charge in [0.05, 0.1) is 16.4 Å². The third-order valence-electron chi connectivity index (χ3n) is 3.81. The molecule has 0 spiro atoms. The Hall–Kier alpha value is -2.80. The molecule has 8 heteroatoms. The van der Waals surface area contributed by atoms with E-state index in [4.69, 9.17) is 11.6 Å². The van der Waals surface area contributed by atoms with E-state index in [1.165, 1.54) is 4.90 Å². The van der Waals surface area contributed by atoms with Crippen molar-refractivity contribution >= 4 is 40.7 Å². The van der Waals surface area contributed by atoms with Crippen LogP contribution in [0.4, 0.5) is 22.0 Å². The van der Waals surface area contributed by atoms with Gasteiger partial charge in [0.15, 0.2) is 5.82 Å². The van der Waals surface area contributed by atoms with Crippen LogP contribution in [-0.2, 0) is 0 Å². The summed E-state index contributed by atoms with van der Waals surface area (Å²) in [5.74, 6) is 0.359. The van der Waals surface area contributed by atoms with Crippen LogP contribution in [0.2, 0.25) is 5.02 Å². The predicted octanol–water partition coefficient (Wildman–Crippen LogP) is 2.58. The molecule has 0 aliphatic carbocycles. The quantitative estimate of drug-likeness (QED) is 0.879. The SMILES string of the molecule is CN(C)c1ncccc1NC(=O)c1ccc(Cl)c(N2CCNC2=O)c1. The molecule has 2 N–H and O–H groups in total. The first-order chi connectivity index (χ1) is 12.0. The number of urea groups is 1. The van der Waals surface area contributed by atoms with Gasteiger partial charge in [0.2, 0.25) is 0 Å². The maximum absolute atomic E-state index is 12.6. The minimum absolute atomic E-state index is 0.221. The van der Waals surface area contributed by atoms with Gasteiger partial charge in [0.25, 0.3) is 5.91 Å². The Balaban J connectivity index is 1.87. The van der Waals surface area contributed by atoms with E-state index in [-0.39, 0.29) is 11.9 Å². The third-order valence-corrected chi connectivity index (χ3v) is 4.13. The molecule has 1 aliphatic rings. The van der Waals surface area contributed by atoms with Crippen molar-refractivity contribution in [3.05, 3.63) is 47.1 Å². The number of nitrogens with one attached hydrogen (secondary N) is 2. The normalized spacial score (nSPS) is 13.6. The predicted molar refractivity (Wildman–Crippen MR) is 98.7 cm³/mol. The van der Waals surface area contributed by atoms with Crippen LogP contribution in [-0.4, -0.2) is 44.1 Å². The Bertz CT molecular complexity index is 824. The molecule has 7 nitrogen and oxygen atoms in total. The standard InChI is InChI=1S/C17H18ClN5O2/c1-22(2)15-13(4-3-7-19-15)21-16(24)11-5-6-12(18)14(10-11)23-9-8-20-17(23)25/h3-7,10H,8-9H2,1-2H3,(H,20,25)(H,21,24). The Morgan fingerprint density at radius 2 is 2.16 bits per heavy atom. The van der Waals surface area contributed by atoms with E-state index in [9.17, 15) is 9.59 Å². The van der Waals surface area contributed by atoms with Crippen molar-refractivity contribution in [2.24, 2.45) is 0 Å².